The van der Waals surface area contributed by atoms with Crippen LogP contribution in [0, 0.1) is 0 Å². The first-order chi connectivity index (χ1) is 15.8. The summed E-state index contributed by atoms with van der Waals surface area (Å²) < 4.78 is 11.9. The summed E-state index contributed by atoms with van der Waals surface area (Å²) in [6.45, 7) is 4.93. The van der Waals surface area contributed by atoms with Gasteiger partial charge in [0.2, 0.25) is 0 Å². The number of ketones is 1. The zero-order valence-corrected chi connectivity index (χ0v) is 18.5. The molecule has 0 fully saturated rings. The van der Waals surface area contributed by atoms with E-state index in [0.717, 1.165) is 49.1 Å². The van der Waals surface area contributed by atoms with Crippen molar-refractivity contribution in [2.75, 3.05) is 19.7 Å². The van der Waals surface area contributed by atoms with Crippen molar-refractivity contribution >= 4 is 16.8 Å². The van der Waals surface area contributed by atoms with Crippen molar-refractivity contribution in [2.24, 2.45) is 0 Å². The Hall–Kier alpha value is -3.37. The summed E-state index contributed by atoms with van der Waals surface area (Å²) in [5, 5.41) is 4.22. The van der Waals surface area contributed by atoms with Crippen LogP contribution in [-0.4, -0.2) is 25.5 Å². The summed E-state index contributed by atoms with van der Waals surface area (Å²) in [4.78, 5) is 13.5. The van der Waals surface area contributed by atoms with E-state index in [0.29, 0.717) is 29.1 Å². The number of fused-ring (bicyclic) bond motifs is 1. The van der Waals surface area contributed by atoms with Gasteiger partial charge in [-0.15, -0.1) is 0 Å². The smallest absolute Gasteiger partial charge is 0.197 e. The van der Waals surface area contributed by atoms with E-state index in [2.05, 4.69) is 12.2 Å². The quantitative estimate of drug-likeness (QED) is 0.220. The maximum absolute atomic E-state index is 13.5. The fourth-order valence-corrected chi connectivity index (χ4v) is 3.75. The molecule has 4 aromatic rings. The Kier molecular flexibility index (Phi) is 7.36. The molecule has 4 heteroatoms. The zero-order chi connectivity index (χ0) is 22.2. The Morgan fingerprint density at radius 2 is 1.62 bits per heavy atom. The topological polar surface area (TPSA) is 51.5 Å². The van der Waals surface area contributed by atoms with Gasteiger partial charge in [0.1, 0.15) is 17.1 Å². The second-order valence-electron chi connectivity index (χ2n) is 7.83. The summed E-state index contributed by atoms with van der Waals surface area (Å²) in [6, 6.07) is 24.8. The van der Waals surface area contributed by atoms with E-state index in [-0.39, 0.29) is 5.78 Å². The highest BCUT2D eigenvalue weighted by molar-refractivity contribution is 6.19. The maximum atomic E-state index is 13.5. The molecule has 0 spiro atoms. The van der Waals surface area contributed by atoms with Gasteiger partial charge in [0, 0.05) is 16.5 Å². The molecule has 0 bridgehead atoms. The third-order valence-corrected chi connectivity index (χ3v) is 5.42. The second-order valence-corrected chi connectivity index (χ2v) is 7.83. The third-order valence-electron chi connectivity index (χ3n) is 5.42. The molecule has 164 valence electrons. The van der Waals surface area contributed by atoms with Crippen LogP contribution in [0.5, 0.6) is 5.75 Å². The number of carbonyl (C=O) groups is 1. The SMILES string of the molecule is CCCNCCCCOc1ccc(C(=O)c2c(-c3ccccc3)oc3ccccc23)cc1. The van der Waals surface area contributed by atoms with E-state index < -0.39 is 0 Å². The summed E-state index contributed by atoms with van der Waals surface area (Å²) >= 11 is 0. The molecule has 32 heavy (non-hydrogen) atoms. The van der Waals surface area contributed by atoms with E-state index >= 15 is 0 Å². The second kappa shape index (κ2) is 10.8. The fourth-order valence-electron chi connectivity index (χ4n) is 3.75. The molecule has 4 rings (SSSR count). The molecule has 0 saturated carbocycles. The molecular weight excluding hydrogens is 398 g/mol. The molecule has 0 saturated heterocycles. The van der Waals surface area contributed by atoms with E-state index in [9.17, 15) is 4.79 Å². The molecule has 0 aliphatic carbocycles. The first kappa shape index (κ1) is 21.8. The van der Waals surface area contributed by atoms with E-state index in [4.69, 9.17) is 9.15 Å². The first-order valence-corrected chi connectivity index (χ1v) is 11.3. The molecule has 0 amide bonds. The van der Waals surface area contributed by atoms with Crippen molar-refractivity contribution in [1.29, 1.82) is 0 Å². The molecule has 0 atom stereocenters. The Bertz CT molecular complexity index is 1150. The molecule has 3 aromatic carbocycles. The summed E-state index contributed by atoms with van der Waals surface area (Å²) in [6.07, 6.45) is 3.24. The van der Waals surface area contributed by atoms with Crippen LogP contribution in [0.25, 0.3) is 22.3 Å². The number of ether oxygens (including phenoxy) is 1. The van der Waals surface area contributed by atoms with Crippen LogP contribution in [0.4, 0.5) is 0 Å². The fraction of sp³-hybridized carbons (Fsp3) is 0.250. The highest BCUT2D eigenvalue weighted by Crippen LogP contribution is 2.35. The molecule has 0 radical (unpaired) electrons. The van der Waals surface area contributed by atoms with Crippen LogP contribution in [0.15, 0.2) is 83.3 Å². The average molecular weight is 428 g/mol. The largest absolute Gasteiger partial charge is 0.494 e. The van der Waals surface area contributed by atoms with E-state index in [1.165, 1.54) is 0 Å². The van der Waals surface area contributed by atoms with Crippen molar-refractivity contribution in [2.45, 2.75) is 26.2 Å². The zero-order valence-electron chi connectivity index (χ0n) is 18.5. The van der Waals surface area contributed by atoms with Crippen molar-refractivity contribution in [1.82, 2.24) is 5.32 Å². The number of benzene rings is 3. The van der Waals surface area contributed by atoms with Gasteiger partial charge in [-0.2, -0.15) is 0 Å². The Morgan fingerprint density at radius 1 is 0.875 bits per heavy atom. The number of hydrogen-bond acceptors (Lipinski definition) is 4. The minimum Gasteiger partial charge on any atom is -0.494 e. The van der Waals surface area contributed by atoms with Gasteiger partial charge in [0.25, 0.3) is 0 Å². The van der Waals surface area contributed by atoms with Gasteiger partial charge < -0.3 is 14.5 Å². The molecule has 1 aromatic heterocycles. The Balaban J connectivity index is 1.49. The van der Waals surface area contributed by atoms with Crippen molar-refractivity contribution in [3.05, 3.63) is 90.0 Å². The average Bonchev–Trinajstić information content (AvgIpc) is 3.24. The monoisotopic (exact) mass is 427 g/mol. The van der Waals surface area contributed by atoms with Crippen LogP contribution < -0.4 is 10.1 Å². The normalized spacial score (nSPS) is 11.0. The van der Waals surface area contributed by atoms with Crippen LogP contribution in [-0.2, 0) is 0 Å². The summed E-state index contributed by atoms with van der Waals surface area (Å²) in [7, 11) is 0. The summed E-state index contributed by atoms with van der Waals surface area (Å²) in [5.74, 6) is 1.33. The standard InChI is InChI=1S/C28H29NO3/c1-2-18-29-19-8-9-20-31-23-16-14-21(15-17-23)27(30)26-24-12-6-7-13-25(24)32-28(26)22-10-4-3-5-11-22/h3-7,10-17,29H,2,8-9,18-20H2,1H3. The first-order valence-electron chi connectivity index (χ1n) is 11.3. The molecule has 0 unspecified atom stereocenters. The van der Waals surface area contributed by atoms with Crippen LogP contribution in [0.3, 0.4) is 0 Å². The van der Waals surface area contributed by atoms with E-state index in [1.807, 2.05) is 78.9 Å². The van der Waals surface area contributed by atoms with Crippen molar-refractivity contribution in [3.63, 3.8) is 0 Å². The van der Waals surface area contributed by atoms with Crippen molar-refractivity contribution in [3.8, 4) is 17.1 Å². The molecule has 0 aliphatic heterocycles. The minimum absolute atomic E-state index is 0.0534. The molecule has 0 aliphatic rings. The molecular formula is C28H29NO3. The highest BCUT2D eigenvalue weighted by Gasteiger charge is 2.23. The van der Waals surface area contributed by atoms with Gasteiger partial charge in [0.05, 0.1) is 12.2 Å². The van der Waals surface area contributed by atoms with Gasteiger partial charge in [0.15, 0.2) is 5.78 Å². The van der Waals surface area contributed by atoms with Gasteiger partial charge >= 0.3 is 0 Å². The van der Waals surface area contributed by atoms with Crippen LogP contribution >= 0.6 is 0 Å². The van der Waals surface area contributed by atoms with E-state index in [1.54, 1.807) is 0 Å². The lowest BCUT2D eigenvalue weighted by molar-refractivity contribution is 0.104. The lowest BCUT2D eigenvalue weighted by Crippen LogP contribution is -2.16. The number of unbranched alkanes of at least 4 members (excludes halogenated alkanes) is 1. The van der Waals surface area contributed by atoms with Crippen molar-refractivity contribution < 1.29 is 13.9 Å². The Morgan fingerprint density at radius 3 is 2.41 bits per heavy atom. The number of nitrogens with one attached hydrogen (secondary N) is 1. The molecule has 1 heterocycles. The van der Waals surface area contributed by atoms with Gasteiger partial charge in [-0.25, -0.2) is 0 Å². The van der Waals surface area contributed by atoms with Gasteiger partial charge in [-0.05, 0) is 62.7 Å². The number of furan rings is 1. The number of carbonyl (C=O) groups excluding carboxylic acids is 1. The molecule has 1 N–H and O–H groups in total. The third kappa shape index (κ3) is 5.09. The minimum atomic E-state index is -0.0534. The number of rotatable bonds is 11. The number of hydrogen-bond donors (Lipinski definition) is 1. The lowest BCUT2D eigenvalue weighted by Gasteiger charge is -2.08. The Labute approximate surface area is 189 Å². The highest BCUT2D eigenvalue weighted by atomic mass is 16.5. The number of para-hydroxylation sites is 1. The predicted molar refractivity (Wildman–Crippen MR) is 129 cm³/mol. The van der Waals surface area contributed by atoms with Crippen LogP contribution in [0.2, 0.25) is 0 Å². The maximum Gasteiger partial charge on any atom is 0.197 e. The predicted octanol–water partition coefficient (Wildman–Crippen LogP) is 6.49. The summed E-state index contributed by atoms with van der Waals surface area (Å²) in [5.41, 5.74) is 2.81. The molecule has 4 nitrogen and oxygen atoms in total. The van der Waals surface area contributed by atoms with Crippen LogP contribution in [0.1, 0.15) is 42.1 Å². The van der Waals surface area contributed by atoms with Gasteiger partial charge in [-0.1, -0.05) is 55.5 Å². The lowest BCUT2D eigenvalue weighted by atomic mass is 9.97. The van der Waals surface area contributed by atoms with Gasteiger partial charge in [-0.3, -0.25) is 4.79 Å².